The first kappa shape index (κ1) is 15.0. The largest absolute Gasteiger partial charge is 0.464 e. The lowest BCUT2D eigenvalue weighted by Gasteiger charge is -2.05. The lowest BCUT2D eigenvalue weighted by Crippen LogP contribution is -2.36. The van der Waals surface area contributed by atoms with Gasteiger partial charge in [-0.15, -0.1) is 0 Å². The fraction of sp³-hybridized carbons (Fsp3) is 0.158. The summed E-state index contributed by atoms with van der Waals surface area (Å²) < 4.78 is 4.81. The summed E-state index contributed by atoms with van der Waals surface area (Å²) in [5, 5.41) is 2.64. The van der Waals surface area contributed by atoms with E-state index in [1.165, 1.54) is 6.08 Å². The van der Waals surface area contributed by atoms with Crippen molar-refractivity contribution in [2.24, 2.45) is 0 Å². The molecule has 0 aliphatic carbocycles. The van der Waals surface area contributed by atoms with Gasteiger partial charge in [-0.1, -0.05) is 54.6 Å². The number of hydrogen-bond acceptors (Lipinski definition) is 3. The highest BCUT2D eigenvalue weighted by Gasteiger charge is 2.27. The molecule has 0 aromatic heterocycles. The molecule has 116 valence electrons. The van der Waals surface area contributed by atoms with Gasteiger partial charge in [0, 0.05) is 12.5 Å². The van der Waals surface area contributed by atoms with Crippen LogP contribution in [0.5, 0.6) is 0 Å². The highest BCUT2D eigenvalue weighted by Crippen LogP contribution is 2.19. The Bertz CT molecular complexity index is 720. The third-order valence-corrected chi connectivity index (χ3v) is 3.70. The Morgan fingerprint density at radius 1 is 1.04 bits per heavy atom. The van der Waals surface area contributed by atoms with Crippen LogP contribution in [0.2, 0.25) is 0 Å². The standard InChI is InChI=1S/C19H17NO3/c21-18(20-17-12-13-23-19(17)22)11-8-14-6-9-16(10-7-14)15-4-2-1-3-5-15/h1-11,17H,12-13H2,(H,20,21)/b11-8+/t17-/m0/s1. The molecule has 1 fully saturated rings. The van der Waals surface area contributed by atoms with Gasteiger partial charge in [0.05, 0.1) is 6.61 Å². The van der Waals surface area contributed by atoms with Crippen molar-refractivity contribution in [2.75, 3.05) is 6.61 Å². The topological polar surface area (TPSA) is 55.4 Å². The van der Waals surface area contributed by atoms with Crippen molar-refractivity contribution in [3.8, 4) is 11.1 Å². The third kappa shape index (κ3) is 3.86. The molecule has 23 heavy (non-hydrogen) atoms. The number of rotatable bonds is 4. The third-order valence-electron chi connectivity index (χ3n) is 3.70. The first-order chi connectivity index (χ1) is 11.2. The summed E-state index contributed by atoms with van der Waals surface area (Å²) >= 11 is 0. The van der Waals surface area contributed by atoms with Gasteiger partial charge in [-0.25, -0.2) is 4.79 Å². The molecule has 0 unspecified atom stereocenters. The Hall–Kier alpha value is -2.88. The Morgan fingerprint density at radius 2 is 1.74 bits per heavy atom. The van der Waals surface area contributed by atoms with Gasteiger partial charge in [0.1, 0.15) is 6.04 Å². The van der Waals surface area contributed by atoms with E-state index < -0.39 is 6.04 Å². The van der Waals surface area contributed by atoms with Crippen LogP contribution in [0.25, 0.3) is 17.2 Å². The normalized spacial score (nSPS) is 17.2. The number of carbonyl (C=O) groups is 2. The van der Waals surface area contributed by atoms with E-state index in [1.54, 1.807) is 6.08 Å². The Morgan fingerprint density at radius 3 is 2.39 bits per heavy atom. The van der Waals surface area contributed by atoms with Crippen molar-refractivity contribution < 1.29 is 14.3 Å². The fourth-order valence-corrected chi connectivity index (χ4v) is 2.44. The number of esters is 1. The van der Waals surface area contributed by atoms with Crippen LogP contribution in [0.1, 0.15) is 12.0 Å². The van der Waals surface area contributed by atoms with Gasteiger partial charge in [-0.3, -0.25) is 4.79 Å². The van der Waals surface area contributed by atoms with E-state index in [9.17, 15) is 9.59 Å². The van der Waals surface area contributed by atoms with E-state index in [0.717, 1.165) is 16.7 Å². The Labute approximate surface area is 134 Å². The number of carbonyl (C=O) groups excluding carboxylic acids is 2. The van der Waals surface area contributed by atoms with Crippen LogP contribution in [0, 0.1) is 0 Å². The Balaban J connectivity index is 1.61. The molecule has 4 nitrogen and oxygen atoms in total. The average Bonchev–Trinajstić information content (AvgIpc) is 2.99. The molecule has 0 radical (unpaired) electrons. The van der Waals surface area contributed by atoms with Crippen molar-refractivity contribution in [3.63, 3.8) is 0 Å². The molecule has 4 heteroatoms. The van der Waals surface area contributed by atoms with Crippen molar-refractivity contribution in [1.82, 2.24) is 5.32 Å². The number of amides is 1. The SMILES string of the molecule is O=C(/C=C/c1ccc(-c2ccccc2)cc1)N[C@H]1CCOC1=O. The molecule has 2 aromatic carbocycles. The quantitative estimate of drug-likeness (QED) is 0.698. The summed E-state index contributed by atoms with van der Waals surface area (Å²) in [6.07, 6.45) is 3.69. The van der Waals surface area contributed by atoms with Gasteiger partial charge >= 0.3 is 5.97 Å². The molecule has 1 N–H and O–H groups in total. The van der Waals surface area contributed by atoms with Gasteiger partial charge in [0.25, 0.3) is 0 Å². The number of cyclic esters (lactones) is 1. The van der Waals surface area contributed by atoms with Crippen LogP contribution in [0.3, 0.4) is 0 Å². The van der Waals surface area contributed by atoms with E-state index in [0.29, 0.717) is 13.0 Å². The first-order valence-corrected chi connectivity index (χ1v) is 7.53. The second-order valence-corrected chi connectivity index (χ2v) is 5.34. The van der Waals surface area contributed by atoms with Crippen LogP contribution in [-0.4, -0.2) is 24.5 Å². The molecular formula is C19H17NO3. The minimum atomic E-state index is -0.521. The van der Waals surface area contributed by atoms with E-state index >= 15 is 0 Å². The molecule has 0 saturated carbocycles. The molecule has 0 spiro atoms. The van der Waals surface area contributed by atoms with Crippen LogP contribution < -0.4 is 5.32 Å². The van der Waals surface area contributed by atoms with Crippen LogP contribution in [0.4, 0.5) is 0 Å². The lowest BCUT2D eigenvalue weighted by molar-refractivity contribution is -0.140. The molecule has 1 amide bonds. The zero-order chi connectivity index (χ0) is 16.1. The molecule has 1 aliphatic heterocycles. The molecule has 1 heterocycles. The maximum absolute atomic E-state index is 11.8. The van der Waals surface area contributed by atoms with Crippen LogP contribution in [0.15, 0.2) is 60.7 Å². The van der Waals surface area contributed by atoms with Gasteiger partial charge in [-0.05, 0) is 22.8 Å². The molecule has 0 bridgehead atoms. The molecule has 2 aromatic rings. The second-order valence-electron chi connectivity index (χ2n) is 5.34. The first-order valence-electron chi connectivity index (χ1n) is 7.53. The van der Waals surface area contributed by atoms with Crippen molar-refractivity contribution in [2.45, 2.75) is 12.5 Å². The summed E-state index contributed by atoms with van der Waals surface area (Å²) in [6.45, 7) is 0.369. The number of nitrogens with one attached hydrogen (secondary N) is 1. The maximum atomic E-state index is 11.8. The zero-order valence-corrected chi connectivity index (χ0v) is 12.6. The van der Waals surface area contributed by atoms with Crippen molar-refractivity contribution in [1.29, 1.82) is 0 Å². The monoisotopic (exact) mass is 307 g/mol. The van der Waals surface area contributed by atoms with E-state index in [-0.39, 0.29) is 11.9 Å². The second kappa shape index (κ2) is 6.92. The zero-order valence-electron chi connectivity index (χ0n) is 12.6. The average molecular weight is 307 g/mol. The highest BCUT2D eigenvalue weighted by atomic mass is 16.5. The predicted molar refractivity (Wildman–Crippen MR) is 88.4 cm³/mol. The lowest BCUT2D eigenvalue weighted by atomic mass is 10.0. The summed E-state index contributed by atoms with van der Waals surface area (Å²) in [5.41, 5.74) is 3.20. The van der Waals surface area contributed by atoms with E-state index in [4.69, 9.17) is 4.74 Å². The van der Waals surface area contributed by atoms with Gasteiger partial charge in [0.15, 0.2) is 0 Å². The summed E-state index contributed by atoms with van der Waals surface area (Å²) in [6, 6.07) is 17.5. The minimum absolute atomic E-state index is 0.291. The summed E-state index contributed by atoms with van der Waals surface area (Å²) in [5.74, 6) is -0.653. The predicted octanol–water partition coefficient (Wildman–Crippen LogP) is 2.80. The summed E-state index contributed by atoms with van der Waals surface area (Å²) in [4.78, 5) is 23.1. The minimum Gasteiger partial charge on any atom is -0.464 e. The molecule has 1 aliphatic rings. The number of hydrogen-bond donors (Lipinski definition) is 1. The van der Waals surface area contributed by atoms with Crippen LogP contribution in [-0.2, 0) is 14.3 Å². The molecular weight excluding hydrogens is 290 g/mol. The van der Waals surface area contributed by atoms with Crippen molar-refractivity contribution >= 4 is 18.0 Å². The molecule has 1 saturated heterocycles. The van der Waals surface area contributed by atoms with Gasteiger partial charge in [-0.2, -0.15) is 0 Å². The Kier molecular flexibility index (Phi) is 4.52. The highest BCUT2D eigenvalue weighted by molar-refractivity contribution is 5.95. The van der Waals surface area contributed by atoms with Gasteiger partial charge in [0.2, 0.25) is 5.91 Å². The number of benzene rings is 2. The summed E-state index contributed by atoms with van der Waals surface area (Å²) in [7, 11) is 0. The van der Waals surface area contributed by atoms with Crippen molar-refractivity contribution in [3.05, 3.63) is 66.2 Å². The fourth-order valence-electron chi connectivity index (χ4n) is 2.44. The smallest absolute Gasteiger partial charge is 0.328 e. The molecule has 3 rings (SSSR count). The van der Waals surface area contributed by atoms with Gasteiger partial charge < -0.3 is 10.1 Å². The van der Waals surface area contributed by atoms with E-state index in [1.807, 2.05) is 42.5 Å². The van der Waals surface area contributed by atoms with E-state index in [2.05, 4.69) is 17.4 Å². The molecule has 1 atom stereocenters. The maximum Gasteiger partial charge on any atom is 0.328 e. The van der Waals surface area contributed by atoms with Crippen LogP contribution >= 0.6 is 0 Å². The number of ether oxygens (including phenoxy) is 1.